The minimum absolute atomic E-state index is 0.183. The number of aryl methyl sites for hydroxylation is 1. The molecule has 2 aromatic rings. The molecule has 0 fully saturated rings. The summed E-state index contributed by atoms with van der Waals surface area (Å²) in [4.78, 5) is 12.1. The molecule has 104 valence electrons. The quantitative estimate of drug-likeness (QED) is 0.829. The van der Waals surface area contributed by atoms with Crippen molar-refractivity contribution in [3.63, 3.8) is 0 Å². The topological polar surface area (TPSA) is 29.1 Å². The lowest BCUT2D eigenvalue weighted by molar-refractivity contribution is 0.102. The molecule has 20 heavy (non-hydrogen) atoms. The molecular formula is C17H18ClNO. The van der Waals surface area contributed by atoms with Gasteiger partial charge in [-0.2, -0.15) is 0 Å². The van der Waals surface area contributed by atoms with Gasteiger partial charge in [-0.15, -0.1) is 0 Å². The Hall–Kier alpha value is -1.80. The molecule has 0 aliphatic heterocycles. The zero-order chi connectivity index (χ0) is 14.4. The number of nitrogens with one attached hydrogen (secondary N) is 1. The number of carbonyl (C=O) groups excluding carboxylic acids is 1. The van der Waals surface area contributed by atoms with E-state index >= 15 is 0 Å². The van der Waals surface area contributed by atoms with Gasteiger partial charge in [0.2, 0.25) is 0 Å². The van der Waals surface area contributed by atoms with Crippen LogP contribution < -0.4 is 5.32 Å². The number of unbranched alkanes of at least 4 members (excludes halogenated alkanes) is 1. The Morgan fingerprint density at radius 2 is 1.80 bits per heavy atom. The van der Waals surface area contributed by atoms with Crippen molar-refractivity contribution >= 4 is 23.2 Å². The third kappa shape index (κ3) is 3.84. The number of benzene rings is 2. The van der Waals surface area contributed by atoms with E-state index in [1.165, 1.54) is 18.4 Å². The third-order valence-corrected chi connectivity index (χ3v) is 3.48. The van der Waals surface area contributed by atoms with Crippen LogP contribution in [0, 0.1) is 0 Å². The van der Waals surface area contributed by atoms with Gasteiger partial charge in [0.1, 0.15) is 0 Å². The molecule has 0 atom stereocenters. The minimum atomic E-state index is -0.183. The van der Waals surface area contributed by atoms with Crippen molar-refractivity contribution in [1.82, 2.24) is 0 Å². The second-order valence-electron chi connectivity index (χ2n) is 4.73. The van der Waals surface area contributed by atoms with Gasteiger partial charge in [-0.25, -0.2) is 0 Å². The number of hydrogen-bond donors (Lipinski definition) is 1. The van der Waals surface area contributed by atoms with Crippen molar-refractivity contribution in [2.45, 2.75) is 26.2 Å². The molecular weight excluding hydrogens is 270 g/mol. The van der Waals surface area contributed by atoms with Crippen molar-refractivity contribution in [3.05, 3.63) is 64.7 Å². The summed E-state index contributed by atoms with van der Waals surface area (Å²) < 4.78 is 0. The predicted octanol–water partition coefficient (Wildman–Crippen LogP) is 4.93. The highest BCUT2D eigenvalue weighted by Crippen LogP contribution is 2.18. The molecule has 0 saturated heterocycles. The molecule has 0 spiro atoms. The second-order valence-corrected chi connectivity index (χ2v) is 5.14. The lowest BCUT2D eigenvalue weighted by atomic mass is 10.1. The first-order valence-electron chi connectivity index (χ1n) is 6.85. The van der Waals surface area contributed by atoms with Gasteiger partial charge in [-0.3, -0.25) is 4.79 Å². The standard InChI is InChI=1S/C17H18ClNO/c1-2-3-6-13-9-11-14(12-10-13)19-17(20)15-7-4-5-8-16(15)18/h4-5,7-12H,2-3,6H2,1H3,(H,19,20). The first-order chi connectivity index (χ1) is 9.70. The largest absolute Gasteiger partial charge is 0.322 e. The Balaban J connectivity index is 2.03. The highest BCUT2D eigenvalue weighted by molar-refractivity contribution is 6.34. The van der Waals surface area contributed by atoms with Crippen LogP contribution >= 0.6 is 11.6 Å². The Labute approximate surface area is 124 Å². The van der Waals surface area contributed by atoms with Gasteiger partial charge in [-0.1, -0.05) is 49.2 Å². The molecule has 1 N–H and O–H groups in total. The Kier molecular flexibility index (Phi) is 5.19. The van der Waals surface area contributed by atoms with Crippen LogP contribution in [0.15, 0.2) is 48.5 Å². The van der Waals surface area contributed by atoms with Crippen molar-refractivity contribution in [2.24, 2.45) is 0 Å². The van der Waals surface area contributed by atoms with Gasteiger partial charge in [0.25, 0.3) is 5.91 Å². The zero-order valence-corrected chi connectivity index (χ0v) is 12.3. The van der Waals surface area contributed by atoms with Gasteiger partial charge in [0, 0.05) is 5.69 Å². The first-order valence-corrected chi connectivity index (χ1v) is 7.23. The summed E-state index contributed by atoms with van der Waals surface area (Å²) in [5.41, 5.74) is 2.57. The lowest BCUT2D eigenvalue weighted by Crippen LogP contribution is -2.12. The zero-order valence-electron chi connectivity index (χ0n) is 11.5. The van der Waals surface area contributed by atoms with Crippen LogP contribution in [0.2, 0.25) is 5.02 Å². The van der Waals surface area contributed by atoms with E-state index in [1.807, 2.05) is 18.2 Å². The second kappa shape index (κ2) is 7.11. The van der Waals surface area contributed by atoms with Crippen LogP contribution in [-0.4, -0.2) is 5.91 Å². The van der Waals surface area contributed by atoms with Gasteiger partial charge in [0.05, 0.1) is 10.6 Å². The molecule has 2 aromatic carbocycles. The summed E-state index contributed by atoms with van der Waals surface area (Å²) in [5, 5.41) is 3.32. The normalized spacial score (nSPS) is 10.3. The first kappa shape index (κ1) is 14.6. The fourth-order valence-electron chi connectivity index (χ4n) is 1.98. The van der Waals surface area contributed by atoms with Crippen LogP contribution in [-0.2, 0) is 6.42 Å². The monoisotopic (exact) mass is 287 g/mol. The molecule has 2 nitrogen and oxygen atoms in total. The van der Waals surface area contributed by atoms with Gasteiger partial charge in [0.15, 0.2) is 0 Å². The maximum Gasteiger partial charge on any atom is 0.257 e. The van der Waals surface area contributed by atoms with Gasteiger partial charge < -0.3 is 5.32 Å². The summed E-state index contributed by atoms with van der Waals surface area (Å²) in [6, 6.07) is 15.0. The summed E-state index contributed by atoms with van der Waals surface area (Å²) in [7, 11) is 0. The van der Waals surface area contributed by atoms with Gasteiger partial charge in [-0.05, 0) is 42.7 Å². The van der Waals surface area contributed by atoms with E-state index < -0.39 is 0 Å². The molecule has 0 aromatic heterocycles. The van der Waals surface area contributed by atoms with E-state index in [4.69, 9.17) is 11.6 Å². The van der Waals surface area contributed by atoms with Crippen molar-refractivity contribution < 1.29 is 4.79 Å². The van der Waals surface area contributed by atoms with Crippen molar-refractivity contribution in [1.29, 1.82) is 0 Å². The van der Waals surface area contributed by atoms with E-state index in [1.54, 1.807) is 18.2 Å². The number of anilines is 1. The fourth-order valence-corrected chi connectivity index (χ4v) is 2.20. The number of hydrogen-bond acceptors (Lipinski definition) is 1. The van der Waals surface area contributed by atoms with E-state index in [9.17, 15) is 4.79 Å². The predicted molar refractivity (Wildman–Crippen MR) is 84.5 cm³/mol. The smallest absolute Gasteiger partial charge is 0.257 e. The molecule has 0 aliphatic carbocycles. The third-order valence-electron chi connectivity index (χ3n) is 3.15. The average molecular weight is 288 g/mol. The van der Waals surface area contributed by atoms with Crippen molar-refractivity contribution in [2.75, 3.05) is 5.32 Å². The maximum absolute atomic E-state index is 12.1. The van der Waals surface area contributed by atoms with Gasteiger partial charge >= 0.3 is 0 Å². The molecule has 0 heterocycles. The van der Waals surface area contributed by atoms with E-state index in [0.29, 0.717) is 10.6 Å². The van der Waals surface area contributed by atoms with E-state index in [0.717, 1.165) is 12.1 Å². The summed E-state index contributed by atoms with van der Waals surface area (Å²) in [5.74, 6) is -0.183. The molecule has 0 aliphatic rings. The molecule has 1 amide bonds. The van der Waals surface area contributed by atoms with E-state index in [-0.39, 0.29) is 5.91 Å². The summed E-state index contributed by atoms with van der Waals surface area (Å²) >= 11 is 6.01. The molecule has 3 heteroatoms. The highest BCUT2D eigenvalue weighted by atomic mass is 35.5. The SMILES string of the molecule is CCCCc1ccc(NC(=O)c2ccccc2Cl)cc1. The summed E-state index contributed by atoms with van der Waals surface area (Å²) in [6.07, 6.45) is 3.45. The maximum atomic E-state index is 12.1. The van der Waals surface area contributed by atoms with Crippen LogP contribution in [0.25, 0.3) is 0 Å². The fraction of sp³-hybridized carbons (Fsp3) is 0.235. The number of rotatable bonds is 5. The molecule has 0 radical (unpaired) electrons. The molecule has 0 bridgehead atoms. The summed E-state index contributed by atoms with van der Waals surface area (Å²) in [6.45, 7) is 2.18. The van der Waals surface area contributed by atoms with Crippen LogP contribution in [0.4, 0.5) is 5.69 Å². The Morgan fingerprint density at radius 1 is 1.10 bits per heavy atom. The molecule has 0 unspecified atom stereocenters. The average Bonchev–Trinajstić information content (AvgIpc) is 2.47. The van der Waals surface area contributed by atoms with E-state index in [2.05, 4.69) is 24.4 Å². The number of carbonyl (C=O) groups is 1. The minimum Gasteiger partial charge on any atom is -0.322 e. The van der Waals surface area contributed by atoms with Crippen LogP contribution in [0.5, 0.6) is 0 Å². The highest BCUT2D eigenvalue weighted by Gasteiger charge is 2.09. The number of halogens is 1. The molecule has 2 rings (SSSR count). The van der Waals surface area contributed by atoms with Crippen LogP contribution in [0.1, 0.15) is 35.7 Å². The molecule has 0 saturated carbocycles. The number of amides is 1. The van der Waals surface area contributed by atoms with Crippen molar-refractivity contribution in [3.8, 4) is 0 Å². The Bertz CT molecular complexity index is 578. The van der Waals surface area contributed by atoms with Crippen LogP contribution in [0.3, 0.4) is 0 Å². The lowest BCUT2D eigenvalue weighted by Gasteiger charge is -2.07. The Morgan fingerprint density at radius 3 is 2.45 bits per heavy atom.